The first-order chi connectivity index (χ1) is 7.09. The first-order valence-electron chi connectivity index (χ1n) is 4.39. The Bertz CT molecular complexity index is 510. The minimum Gasteiger partial charge on any atom is -0.364 e. The van der Waals surface area contributed by atoms with Gasteiger partial charge in [0.2, 0.25) is 0 Å². The average Bonchev–Trinajstić information content (AvgIpc) is 2.71. The van der Waals surface area contributed by atoms with Gasteiger partial charge >= 0.3 is 0 Å². The molecule has 0 aromatic carbocycles. The molecule has 6 heteroatoms. The molecule has 0 unspecified atom stereocenters. The number of amides is 1. The van der Waals surface area contributed by atoms with Crippen molar-refractivity contribution in [2.45, 2.75) is 0 Å². The topological polar surface area (TPSA) is 78.7 Å². The van der Waals surface area contributed by atoms with Crippen molar-refractivity contribution in [1.82, 2.24) is 19.3 Å². The summed E-state index contributed by atoms with van der Waals surface area (Å²) >= 11 is 0. The number of rotatable bonds is 2. The van der Waals surface area contributed by atoms with E-state index >= 15 is 0 Å². The maximum Gasteiger partial charge on any atom is 0.267 e. The van der Waals surface area contributed by atoms with Crippen molar-refractivity contribution in [2.24, 2.45) is 19.8 Å². The van der Waals surface area contributed by atoms with Crippen LogP contribution in [0.3, 0.4) is 0 Å². The van der Waals surface area contributed by atoms with Gasteiger partial charge in [-0.05, 0) is 0 Å². The van der Waals surface area contributed by atoms with Crippen LogP contribution in [-0.2, 0) is 14.1 Å². The maximum atomic E-state index is 11.2. The van der Waals surface area contributed by atoms with E-state index in [-0.39, 0.29) is 0 Å². The molecule has 6 nitrogen and oxygen atoms in total. The molecule has 2 rings (SSSR count). The van der Waals surface area contributed by atoms with Crippen LogP contribution in [0.4, 0.5) is 0 Å². The highest BCUT2D eigenvalue weighted by Crippen LogP contribution is 2.20. The van der Waals surface area contributed by atoms with Gasteiger partial charge in [0.05, 0.1) is 23.8 Å². The van der Waals surface area contributed by atoms with Gasteiger partial charge in [-0.25, -0.2) is 4.98 Å². The molecule has 0 saturated carbocycles. The highest BCUT2D eigenvalue weighted by molar-refractivity contribution is 5.97. The zero-order valence-electron chi connectivity index (χ0n) is 8.51. The first-order valence-corrected chi connectivity index (χ1v) is 4.39. The zero-order valence-corrected chi connectivity index (χ0v) is 8.51. The fraction of sp³-hybridized carbons (Fsp3) is 0.222. The van der Waals surface area contributed by atoms with Crippen molar-refractivity contribution in [3.63, 3.8) is 0 Å². The first kappa shape index (κ1) is 9.45. The van der Waals surface area contributed by atoms with Crippen molar-refractivity contribution in [2.75, 3.05) is 0 Å². The SMILES string of the molecule is Cn1cnc(-c2cnn(C)c2C(N)=O)c1. The molecule has 2 N–H and O–H groups in total. The van der Waals surface area contributed by atoms with Gasteiger partial charge in [0, 0.05) is 20.3 Å². The molecule has 0 saturated heterocycles. The summed E-state index contributed by atoms with van der Waals surface area (Å²) in [5.41, 5.74) is 6.99. The average molecular weight is 205 g/mol. The van der Waals surface area contributed by atoms with Crippen LogP contribution >= 0.6 is 0 Å². The highest BCUT2D eigenvalue weighted by Gasteiger charge is 2.16. The fourth-order valence-electron chi connectivity index (χ4n) is 1.47. The van der Waals surface area contributed by atoms with Crippen LogP contribution in [0.1, 0.15) is 10.5 Å². The Morgan fingerprint density at radius 1 is 1.47 bits per heavy atom. The number of aromatic nitrogens is 4. The lowest BCUT2D eigenvalue weighted by Crippen LogP contribution is -2.16. The monoisotopic (exact) mass is 205 g/mol. The zero-order chi connectivity index (χ0) is 11.0. The van der Waals surface area contributed by atoms with Crippen LogP contribution < -0.4 is 5.73 Å². The second kappa shape index (κ2) is 3.23. The predicted molar refractivity (Wildman–Crippen MR) is 53.9 cm³/mol. The summed E-state index contributed by atoms with van der Waals surface area (Å²) in [4.78, 5) is 15.4. The van der Waals surface area contributed by atoms with Gasteiger partial charge in [-0.2, -0.15) is 5.10 Å². The van der Waals surface area contributed by atoms with Gasteiger partial charge in [0.1, 0.15) is 5.69 Å². The van der Waals surface area contributed by atoms with E-state index in [1.807, 2.05) is 13.2 Å². The molecule has 0 aliphatic heterocycles. The van der Waals surface area contributed by atoms with Gasteiger partial charge < -0.3 is 10.3 Å². The molecule has 0 fully saturated rings. The summed E-state index contributed by atoms with van der Waals surface area (Å²) in [6, 6.07) is 0. The van der Waals surface area contributed by atoms with Crippen LogP contribution in [-0.4, -0.2) is 25.2 Å². The Morgan fingerprint density at radius 3 is 2.73 bits per heavy atom. The summed E-state index contributed by atoms with van der Waals surface area (Å²) in [5, 5.41) is 3.99. The molecule has 1 amide bonds. The van der Waals surface area contributed by atoms with Gasteiger partial charge in [0.15, 0.2) is 0 Å². The van der Waals surface area contributed by atoms with E-state index in [0.29, 0.717) is 17.0 Å². The summed E-state index contributed by atoms with van der Waals surface area (Å²) < 4.78 is 3.25. The van der Waals surface area contributed by atoms with Crippen molar-refractivity contribution >= 4 is 5.91 Å². The number of aryl methyl sites for hydroxylation is 2. The summed E-state index contributed by atoms with van der Waals surface area (Å²) in [7, 11) is 3.53. The van der Waals surface area contributed by atoms with Crippen LogP contribution in [0, 0.1) is 0 Å². The van der Waals surface area contributed by atoms with Gasteiger partial charge in [-0.15, -0.1) is 0 Å². The van der Waals surface area contributed by atoms with Crippen molar-refractivity contribution in [3.8, 4) is 11.3 Å². The molecule has 0 spiro atoms. The number of carbonyl (C=O) groups excluding carboxylic acids is 1. The number of primary amides is 1. The molecule has 0 aliphatic rings. The third-order valence-electron chi connectivity index (χ3n) is 2.15. The van der Waals surface area contributed by atoms with Crippen molar-refractivity contribution in [1.29, 1.82) is 0 Å². The second-order valence-electron chi connectivity index (χ2n) is 3.32. The molecule has 0 radical (unpaired) electrons. The predicted octanol–water partition coefficient (Wildman–Crippen LogP) is -0.0805. The van der Waals surface area contributed by atoms with Gasteiger partial charge in [-0.1, -0.05) is 0 Å². The van der Waals surface area contributed by atoms with E-state index in [4.69, 9.17) is 5.73 Å². The van der Waals surface area contributed by atoms with Crippen LogP contribution in [0.15, 0.2) is 18.7 Å². The van der Waals surface area contributed by atoms with Crippen molar-refractivity contribution in [3.05, 3.63) is 24.4 Å². The number of hydrogen-bond acceptors (Lipinski definition) is 3. The van der Waals surface area contributed by atoms with E-state index < -0.39 is 5.91 Å². The van der Waals surface area contributed by atoms with E-state index in [1.165, 1.54) is 4.68 Å². The largest absolute Gasteiger partial charge is 0.364 e. The number of nitrogens with zero attached hydrogens (tertiary/aromatic N) is 4. The number of carbonyl (C=O) groups is 1. The molecule has 0 aliphatic carbocycles. The van der Waals surface area contributed by atoms with E-state index in [2.05, 4.69) is 10.1 Å². The van der Waals surface area contributed by atoms with Gasteiger partial charge in [0.25, 0.3) is 5.91 Å². The van der Waals surface area contributed by atoms with Crippen LogP contribution in [0.2, 0.25) is 0 Å². The molecule has 2 aromatic heterocycles. The number of hydrogen-bond donors (Lipinski definition) is 1. The van der Waals surface area contributed by atoms with Crippen LogP contribution in [0.5, 0.6) is 0 Å². The quantitative estimate of drug-likeness (QED) is 0.744. The van der Waals surface area contributed by atoms with Crippen molar-refractivity contribution < 1.29 is 4.79 Å². The smallest absolute Gasteiger partial charge is 0.267 e. The third-order valence-corrected chi connectivity index (χ3v) is 2.15. The Morgan fingerprint density at radius 2 is 2.20 bits per heavy atom. The Kier molecular flexibility index (Phi) is 2.03. The number of nitrogens with two attached hydrogens (primary N) is 1. The normalized spacial score (nSPS) is 10.5. The lowest BCUT2D eigenvalue weighted by atomic mass is 10.2. The molecule has 0 bridgehead atoms. The molecule has 15 heavy (non-hydrogen) atoms. The van der Waals surface area contributed by atoms with E-state index in [1.54, 1.807) is 24.1 Å². The standard InChI is InChI=1S/C9H11N5O/c1-13-4-7(11-5-13)6-3-12-14(2)8(6)9(10)15/h3-5H,1-2H3,(H2,10,15). The molecular weight excluding hydrogens is 194 g/mol. The summed E-state index contributed by atoms with van der Waals surface area (Å²) in [6.45, 7) is 0. The summed E-state index contributed by atoms with van der Waals surface area (Å²) in [6.07, 6.45) is 5.05. The van der Waals surface area contributed by atoms with E-state index in [0.717, 1.165) is 0 Å². The Balaban J connectivity index is 2.58. The highest BCUT2D eigenvalue weighted by atomic mass is 16.1. The lowest BCUT2D eigenvalue weighted by molar-refractivity contribution is 0.0992. The molecule has 78 valence electrons. The third kappa shape index (κ3) is 1.50. The lowest BCUT2D eigenvalue weighted by Gasteiger charge is -1.98. The molecule has 2 aromatic rings. The summed E-state index contributed by atoms with van der Waals surface area (Å²) in [5.74, 6) is -0.504. The molecular formula is C9H11N5O. The second-order valence-corrected chi connectivity index (χ2v) is 3.32. The van der Waals surface area contributed by atoms with E-state index in [9.17, 15) is 4.79 Å². The minimum absolute atomic E-state index is 0.369. The van der Waals surface area contributed by atoms with Crippen LogP contribution in [0.25, 0.3) is 11.3 Å². The molecule has 0 atom stereocenters. The number of imidazole rings is 1. The Hall–Kier alpha value is -2.11. The van der Waals surface area contributed by atoms with Gasteiger partial charge in [-0.3, -0.25) is 9.48 Å². The minimum atomic E-state index is -0.504. The molecule has 2 heterocycles. The maximum absolute atomic E-state index is 11.2. The fourth-order valence-corrected chi connectivity index (χ4v) is 1.47. The Labute approximate surface area is 86.3 Å².